The molecular weight excluding hydrogens is 434 g/mol. The predicted molar refractivity (Wildman–Crippen MR) is 132 cm³/mol. The molecule has 2 saturated carbocycles. The van der Waals surface area contributed by atoms with Crippen LogP contribution < -0.4 is 5.73 Å². The first-order valence-corrected chi connectivity index (χ1v) is 12.4. The van der Waals surface area contributed by atoms with E-state index in [0.29, 0.717) is 18.2 Å². The van der Waals surface area contributed by atoms with Crippen LogP contribution in [0.1, 0.15) is 74.3 Å². The van der Waals surface area contributed by atoms with Gasteiger partial charge in [0.05, 0.1) is 5.52 Å². The van der Waals surface area contributed by atoms with Crippen LogP contribution in [0.2, 0.25) is 5.02 Å². The highest BCUT2D eigenvalue weighted by molar-refractivity contribution is 6.30. The van der Waals surface area contributed by atoms with Gasteiger partial charge in [0.15, 0.2) is 0 Å². The van der Waals surface area contributed by atoms with Gasteiger partial charge in [0, 0.05) is 40.7 Å². The summed E-state index contributed by atoms with van der Waals surface area (Å²) in [6, 6.07) is 14.7. The molecule has 0 bridgehead atoms. The Morgan fingerprint density at radius 2 is 1.88 bits per heavy atom. The molecule has 0 radical (unpaired) electrons. The van der Waals surface area contributed by atoms with Crippen molar-refractivity contribution in [2.45, 2.75) is 75.9 Å². The minimum Gasteiger partial charge on any atom is -0.333 e. The highest BCUT2D eigenvalue weighted by atomic mass is 35.5. The molecule has 0 saturated heterocycles. The van der Waals surface area contributed by atoms with Gasteiger partial charge in [-0.1, -0.05) is 28.9 Å². The summed E-state index contributed by atoms with van der Waals surface area (Å²) in [5.74, 6) is 0.117. The third-order valence-electron chi connectivity index (χ3n) is 7.52. The first-order chi connectivity index (χ1) is 15.9. The van der Waals surface area contributed by atoms with Gasteiger partial charge in [-0.3, -0.25) is 4.79 Å². The maximum atomic E-state index is 13.7. The van der Waals surface area contributed by atoms with E-state index in [1.165, 1.54) is 5.56 Å². The van der Waals surface area contributed by atoms with Crippen LogP contribution in [0.15, 0.2) is 42.5 Å². The molecular formula is C26H32ClN5O. The summed E-state index contributed by atoms with van der Waals surface area (Å²) < 4.78 is 1.89. The number of rotatable bonds is 6. The Bertz CT molecular complexity index is 1160. The fraction of sp³-hybridized carbons (Fsp3) is 0.500. The minimum absolute atomic E-state index is 0.0616. The zero-order chi connectivity index (χ0) is 23.2. The number of hydrogen-bond acceptors (Lipinski definition) is 4. The lowest BCUT2D eigenvalue weighted by Crippen LogP contribution is -2.48. The number of nitrogens with two attached hydrogens (primary N) is 1. The second kappa shape index (κ2) is 8.73. The Morgan fingerprint density at radius 1 is 1.15 bits per heavy atom. The van der Waals surface area contributed by atoms with Gasteiger partial charge in [-0.2, -0.15) is 0 Å². The molecule has 5 rings (SSSR count). The molecule has 3 aromatic rings. The van der Waals surface area contributed by atoms with Gasteiger partial charge >= 0.3 is 0 Å². The Balaban J connectivity index is 1.37. The predicted octanol–water partition coefficient (Wildman–Crippen LogP) is 5.11. The normalized spacial score (nSPS) is 23.2. The van der Waals surface area contributed by atoms with Crippen molar-refractivity contribution in [1.82, 2.24) is 19.9 Å². The number of benzene rings is 2. The summed E-state index contributed by atoms with van der Waals surface area (Å²) in [5.41, 5.74) is 9.91. The fourth-order valence-corrected chi connectivity index (χ4v) is 5.64. The van der Waals surface area contributed by atoms with E-state index < -0.39 is 0 Å². The number of aromatic nitrogens is 3. The molecule has 2 fully saturated rings. The molecule has 6 nitrogen and oxygen atoms in total. The van der Waals surface area contributed by atoms with E-state index in [9.17, 15) is 4.79 Å². The first-order valence-electron chi connectivity index (χ1n) is 12.1. The van der Waals surface area contributed by atoms with Gasteiger partial charge in [-0.05, 0) is 88.3 Å². The summed E-state index contributed by atoms with van der Waals surface area (Å²) in [5, 5.41) is 9.31. The number of carbonyl (C=O) groups excluding carboxylic acids is 1. The average Bonchev–Trinajstić information content (AvgIpc) is 3.56. The van der Waals surface area contributed by atoms with Crippen molar-refractivity contribution < 1.29 is 4.79 Å². The Hall–Kier alpha value is -2.44. The number of halogens is 1. The van der Waals surface area contributed by atoms with Gasteiger partial charge in [0.2, 0.25) is 0 Å². The zero-order valence-corrected chi connectivity index (χ0v) is 20.1. The topological polar surface area (TPSA) is 77.0 Å². The standard InChI is InChI=1S/C26H32ClN5O/c1-17(2)32-24-9-6-18(14-23(24)29-30-32)25(33)31(21-7-8-21)22-10-12-26(16-28,13-11-22)19-4-3-5-20(27)15-19/h3-6,9,14-15,17,21-22H,7-8,10-13,16,28H2,1-2H3. The third-order valence-corrected chi connectivity index (χ3v) is 7.75. The molecule has 1 heterocycles. The Morgan fingerprint density at radius 3 is 2.52 bits per heavy atom. The van der Waals surface area contributed by atoms with Crippen LogP contribution in [0.5, 0.6) is 0 Å². The Labute approximate surface area is 200 Å². The van der Waals surface area contributed by atoms with Gasteiger partial charge in [-0.15, -0.1) is 5.10 Å². The van der Waals surface area contributed by atoms with Crippen molar-refractivity contribution in [1.29, 1.82) is 0 Å². The van der Waals surface area contributed by atoms with Gasteiger partial charge in [0.25, 0.3) is 5.91 Å². The van der Waals surface area contributed by atoms with Crippen molar-refractivity contribution in [2.24, 2.45) is 5.73 Å². The smallest absolute Gasteiger partial charge is 0.254 e. The van der Waals surface area contributed by atoms with E-state index in [4.69, 9.17) is 17.3 Å². The van der Waals surface area contributed by atoms with Crippen molar-refractivity contribution in [3.05, 3.63) is 58.6 Å². The first kappa shape index (κ1) is 22.4. The molecule has 2 aliphatic carbocycles. The highest BCUT2D eigenvalue weighted by Gasteiger charge is 2.43. The van der Waals surface area contributed by atoms with E-state index in [1.54, 1.807) is 0 Å². The van der Waals surface area contributed by atoms with E-state index in [1.807, 2.05) is 35.0 Å². The van der Waals surface area contributed by atoms with Gasteiger partial charge in [0.1, 0.15) is 5.52 Å². The number of fused-ring (bicyclic) bond motifs is 1. The molecule has 33 heavy (non-hydrogen) atoms. The maximum absolute atomic E-state index is 13.7. The zero-order valence-electron chi connectivity index (χ0n) is 19.4. The van der Waals surface area contributed by atoms with Crippen LogP contribution in [0.4, 0.5) is 0 Å². The van der Waals surface area contributed by atoms with Crippen molar-refractivity contribution in [3.8, 4) is 0 Å². The molecule has 0 spiro atoms. The lowest BCUT2D eigenvalue weighted by molar-refractivity contribution is 0.0572. The quantitative estimate of drug-likeness (QED) is 0.548. The largest absolute Gasteiger partial charge is 0.333 e. The lowest BCUT2D eigenvalue weighted by atomic mass is 9.68. The minimum atomic E-state index is -0.0616. The maximum Gasteiger partial charge on any atom is 0.254 e. The van der Waals surface area contributed by atoms with Crippen LogP contribution in [-0.4, -0.2) is 44.4 Å². The second-order valence-corrected chi connectivity index (χ2v) is 10.4. The highest BCUT2D eigenvalue weighted by Crippen LogP contribution is 2.43. The fourth-order valence-electron chi connectivity index (χ4n) is 5.45. The van der Waals surface area contributed by atoms with E-state index in [0.717, 1.165) is 54.6 Å². The molecule has 174 valence electrons. The molecule has 0 aliphatic heterocycles. The summed E-state index contributed by atoms with van der Waals surface area (Å²) in [6.45, 7) is 4.76. The molecule has 0 atom stereocenters. The molecule has 0 unspecified atom stereocenters. The molecule has 2 N–H and O–H groups in total. The molecule has 2 aliphatic rings. The van der Waals surface area contributed by atoms with Gasteiger partial charge in [-0.25, -0.2) is 4.68 Å². The number of nitrogens with zero attached hydrogens (tertiary/aromatic N) is 4. The summed E-state index contributed by atoms with van der Waals surface area (Å²) in [4.78, 5) is 15.8. The van der Waals surface area contributed by atoms with E-state index in [-0.39, 0.29) is 23.4 Å². The van der Waals surface area contributed by atoms with Crippen LogP contribution in [0.3, 0.4) is 0 Å². The number of hydrogen-bond donors (Lipinski definition) is 1. The van der Waals surface area contributed by atoms with Crippen LogP contribution in [0, 0.1) is 0 Å². The average molecular weight is 466 g/mol. The lowest BCUT2D eigenvalue weighted by Gasteiger charge is -2.44. The van der Waals surface area contributed by atoms with Crippen molar-refractivity contribution in [3.63, 3.8) is 0 Å². The molecule has 1 aromatic heterocycles. The van der Waals surface area contributed by atoms with E-state index in [2.05, 4.69) is 41.2 Å². The monoisotopic (exact) mass is 465 g/mol. The molecule has 7 heteroatoms. The second-order valence-electron chi connectivity index (χ2n) is 10.0. The molecule has 2 aromatic carbocycles. The summed E-state index contributed by atoms with van der Waals surface area (Å²) >= 11 is 6.28. The SMILES string of the molecule is CC(C)n1nnc2cc(C(=O)N(C3CC3)C3CCC(CN)(c4cccc(Cl)c4)CC3)ccc21. The summed E-state index contributed by atoms with van der Waals surface area (Å²) in [6.07, 6.45) is 6.02. The van der Waals surface area contributed by atoms with Crippen LogP contribution in [0.25, 0.3) is 11.0 Å². The van der Waals surface area contributed by atoms with Crippen LogP contribution >= 0.6 is 11.6 Å². The third kappa shape index (κ3) is 4.15. The van der Waals surface area contributed by atoms with Crippen molar-refractivity contribution in [2.75, 3.05) is 6.54 Å². The van der Waals surface area contributed by atoms with Gasteiger partial charge < -0.3 is 10.6 Å². The number of carbonyl (C=O) groups is 1. The number of amides is 1. The Kier molecular flexibility index (Phi) is 5.91. The van der Waals surface area contributed by atoms with Crippen LogP contribution in [-0.2, 0) is 5.41 Å². The van der Waals surface area contributed by atoms with Crippen molar-refractivity contribution >= 4 is 28.5 Å². The molecule has 1 amide bonds. The van der Waals surface area contributed by atoms with E-state index >= 15 is 0 Å². The summed E-state index contributed by atoms with van der Waals surface area (Å²) in [7, 11) is 0.